The van der Waals surface area contributed by atoms with Crippen molar-refractivity contribution >= 4 is 27.5 Å². The molecule has 1 atom stereocenters. The van der Waals surface area contributed by atoms with E-state index in [-0.39, 0.29) is 30.8 Å². The lowest BCUT2D eigenvalue weighted by atomic mass is 9.92. The molecule has 2 amide bonds. The highest BCUT2D eigenvalue weighted by molar-refractivity contribution is 7.89. The van der Waals surface area contributed by atoms with E-state index in [2.05, 4.69) is 5.32 Å². The number of amides is 2. The van der Waals surface area contributed by atoms with Gasteiger partial charge in [-0.2, -0.15) is 4.31 Å². The van der Waals surface area contributed by atoms with E-state index in [1.807, 2.05) is 0 Å². The maximum absolute atomic E-state index is 13.7. The standard InChI is InChI=1S/C24H37N3O5S/c1-4-15-33(30,31)26-17-22(28)27(20-13-10-14-21(16-20)32-3)24(2,18-26)23(29)25-19-11-8-6-5-7-9-12-19/h10,13-14,16,19H,4-9,11-12,15,17-18H2,1-3H3,(H,25,29). The summed E-state index contributed by atoms with van der Waals surface area (Å²) in [7, 11) is -2.11. The van der Waals surface area contributed by atoms with Gasteiger partial charge in [-0.3, -0.25) is 14.5 Å². The van der Waals surface area contributed by atoms with Gasteiger partial charge in [-0.25, -0.2) is 8.42 Å². The molecule has 1 saturated carbocycles. The SMILES string of the molecule is CCCS(=O)(=O)N1CC(=O)N(c2cccc(OC)c2)C(C)(C(=O)NC2CCCCCCC2)C1. The Morgan fingerprint density at radius 1 is 1.18 bits per heavy atom. The van der Waals surface area contributed by atoms with Crippen molar-refractivity contribution in [3.8, 4) is 5.75 Å². The fourth-order valence-electron chi connectivity index (χ4n) is 4.84. The number of carbonyl (C=O) groups excluding carboxylic acids is 2. The third-order valence-corrected chi connectivity index (χ3v) is 8.60. The Balaban J connectivity index is 1.96. The molecule has 0 spiro atoms. The summed E-state index contributed by atoms with van der Waals surface area (Å²) in [4.78, 5) is 28.6. The first-order valence-corrected chi connectivity index (χ1v) is 13.6. The summed E-state index contributed by atoms with van der Waals surface area (Å²) in [5.41, 5.74) is -0.868. The van der Waals surface area contributed by atoms with Crippen LogP contribution in [0.5, 0.6) is 5.75 Å². The number of ether oxygens (including phenoxy) is 1. The molecule has 1 aliphatic carbocycles. The van der Waals surface area contributed by atoms with Crippen molar-refractivity contribution in [2.24, 2.45) is 0 Å². The number of hydrogen-bond donors (Lipinski definition) is 1. The molecule has 1 heterocycles. The van der Waals surface area contributed by atoms with Gasteiger partial charge in [0.1, 0.15) is 11.3 Å². The summed E-state index contributed by atoms with van der Waals surface area (Å²) in [5.74, 6) is -0.242. The topological polar surface area (TPSA) is 96.0 Å². The predicted octanol–water partition coefficient (Wildman–Crippen LogP) is 3.07. The van der Waals surface area contributed by atoms with Gasteiger partial charge in [0, 0.05) is 24.3 Å². The van der Waals surface area contributed by atoms with Gasteiger partial charge in [0.2, 0.25) is 21.8 Å². The molecule has 1 unspecified atom stereocenters. The first-order valence-electron chi connectivity index (χ1n) is 12.0. The molecule has 1 aromatic carbocycles. The van der Waals surface area contributed by atoms with Gasteiger partial charge in [-0.15, -0.1) is 0 Å². The highest BCUT2D eigenvalue weighted by Gasteiger charge is 2.51. The summed E-state index contributed by atoms with van der Waals surface area (Å²) in [5, 5.41) is 3.16. The number of nitrogens with one attached hydrogen (secondary N) is 1. The quantitative estimate of drug-likeness (QED) is 0.648. The zero-order chi connectivity index (χ0) is 24.1. The largest absolute Gasteiger partial charge is 0.497 e. The minimum absolute atomic E-state index is 0.0273. The molecule has 3 rings (SSSR count). The second-order valence-corrected chi connectivity index (χ2v) is 11.4. The Kier molecular flexibility index (Phi) is 8.39. The Morgan fingerprint density at radius 2 is 1.85 bits per heavy atom. The van der Waals surface area contributed by atoms with Gasteiger partial charge in [0.15, 0.2) is 0 Å². The van der Waals surface area contributed by atoms with Crippen LogP contribution < -0.4 is 15.0 Å². The highest BCUT2D eigenvalue weighted by Crippen LogP contribution is 2.33. The van der Waals surface area contributed by atoms with Crippen LogP contribution in [0.4, 0.5) is 5.69 Å². The van der Waals surface area contributed by atoms with E-state index < -0.39 is 21.5 Å². The Hall–Kier alpha value is -2.13. The normalized spacial score (nSPS) is 23.6. The van der Waals surface area contributed by atoms with Gasteiger partial charge in [0.05, 0.1) is 19.4 Å². The summed E-state index contributed by atoms with van der Waals surface area (Å²) in [6, 6.07) is 7.00. The molecule has 1 saturated heterocycles. The van der Waals surface area contributed by atoms with E-state index in [1.54, 1.807) is 38.1 Å². The Bertz CT molecular complexity index is 943. The average molecular weight is 480 g/mol. The Morgan fingerprint density at radius 3 is 2.48 bits per heavy atom. The molecule has 1 aromatic rings. The van der Waals surface area contributed by atoms with Crippen LogP contribution in [0, 0.1) is 0 Å². The number of rotatable bonds is 7. The Labute approximate surface area is 197 Å². The fraction of sp³-hybridized carbons (Fsp3) is 0.667. The summed E-state index contributed by atoms with van der Waals surface area (Å²) >= 11 is 0. The van der Waals surface area contributed by atoms with E-state index in [9.17, 15) is 18.0 Å². The number of benzene rings is 1. The maximum Gasteiger partial charge on any atom is 0.247 e. The zero-order valence-corrected chi connectivity index (χ0v) is 20.8. The van der Waals surface area contributed by atoms with Crippen LogP contribution in [0.25, 0.3) is 0 Å². The number of methoxy groups -OCH3 is 1. The molecule has 184 valence electrons. The van der Waals surface area contributed by atoms with E-state index >= 15 is 0 Å². The van der Waals surface area contributed by atoms with Crippen molar-refractivity contribution < 1.29 is 22.7 Å². The third-order valence-electron chi connectivity index (χ3n) is 6.64. The fourth-order valence-corrected chi connectivity index (χ4v) is 6.37. The van der Waals surface area contributed by atoms with Crippen LogP contribution in [0.2, 0.25) is 0 Å². The molecule has 1 N–H and O–H groups in total. The smallest absolute Gasteiger partial charge is 0.247 e. The second kappa shape index (κ2) is 10.9. The van der Waals surface area contributed by atoms with Crippen molar-refractivity contribution in [1.29, 1.82) is 0 Å². The monoisotopic (exact) mass is 479 g/mol. The summed E-state index contributed by atoms with van der Waals surface area (Å²) in [6.07, 6.45) is 7.87. The minimum atomic E-state index is -3.65. The number of sulfonamides is 1. The number of hydrogen-bond acceptors (Lipinski definition) is 5. The van der Waals surface area contributed by atoms with Crippen LogP contribution in [0.15, 0.2) is 24.3 Å². The van der Waals surface area contributed by atoms with Gasteiger partial charge in [-0.05, 0) is 38.3 Å². The van der Waals surface area contributed by atoms with Gasteiger partial charge in [0.25, 0.3) is 0 Å². The predicted molar refractivity (Wildman–Crippen MR) is 129 cm³/mol. The van der Waals surface area contributed by atoms with E-state index in [0.717, 1.165) is 38.5 Å². The highest BCUT2D eigenvalue weighted by atomic mass is 32.2. The lowest BCUT2D eigenvalue weighted by Gasteiger charge is -2.47. The first kappa shape index (κ1) is 25.5. The first-order chi connectivity index (χ1) is 15.7. The lowest BCUT2D eigenvalue weighted by Crippen LogP contribution is -2.71. The molecule has 2 aliphatic rings. The number of nitrogens with zero attached hydrogens (tertiary/aromatic N) is 2. The van der Waals surface area contributed by atoms with Crippen molar-refractivity contribution in [3.63, 3.8) is 0 Å². The molecule has 9 heteroatoms. The number of carbonyl (C=O) groups is 2. The van der Waals surface area contributed by atoms with Crippen LogP contribution in [0.3, 0.4) is 0 Å². The molecule has 2 fully saturated rings. The van der Waals surface area contributed by atoms with Crippen molar-refractivity contribution in [2.45, 2.75) is 76.8 Å². The van der Waals surface area contributed by atoms with Gasteiger partial charge < -0.3 is 10.1 Å². The molecule has 8 nitrogen and oxygen atoms in total. The number of piperazine rings is 1. The average Bonchev–Trinajstić information content (AvgIpc) is 2.75. The molecular weight excluding hydrogens is 442 g/mol. The lowest BCUT2D eigenvalue weighted by molar-refractivity contribution is -0.133. The van der Waals surface area contributed by atoms with E-state index in [0.29, 0.717) is 17.9 Å². The van der Waals surface area contributed by atoms with Gasteiger partial charge in [-0.1, -0.05) is 45.1 Å². The molecule has 0 radical (unpaired) electrons. The third kappa shape index (κ3) is 5.87. The summed E-state index contributed by atoms with van der Waals surface area (Å²) < 4.78 is 32.2. The minimum Gasteiger partial charge on any atom is -0.497 e. The summed E-state index contributed by atoms with van der Waals surface area (Å²) in [6.45, 7) is 3.07. The van der Waals surface area contributed by atoms with Crippen LogP contribution in [-0.2, 0) is 19.6 Å². The second-order valence-electron chi connectivity index (χ2n) is 9.30. The van der Waals surface area contributed by atoms with Crippen molar-refractivity contribution in [3.05, 3.63) is 24.3 Å². The van der Waals surface area contributed by atoms with Crippen molar-refractivity contribution in [2.75, 3.05) is 30.9 Å². The molecule has 0 bridgehead atoms. The molecular formula is C24H37N3O5S. The van der Waals surface area contributed by atoms with Gasteiger partial charge >= 0.3 is 0 Å². The molecule has 0 aromatic heterocycles. The van der Waals surface area contributed by atoms with E-state index in [1.165, 1.54) is 22.7 Å². The molecule has 33 heavy (non-hydrogen) atoms. The maximum atomic E-state index is 13.7. The van der Waals surface area contributed by atoms with E-state index in [4.69, 9.17) is 4.74 Å². The molecule has 1 aliphatic heterocycles. The zero-order valence-electron chi connectivity index (χ0n) is 20.0. The van der Waals surface area contributed by atoms with Crippen molar-refractivity contribution in [1.82, 2.24) is 9.62 Å². The van der Waals surface area contributed by atoms with Crippen LogP contribution in [-0.4, -0.2) is 62.1 Å². The van der Waals surface area contributed by atoms with Crippen LogP contribution >= 0.6 is 0 Å². The van der Waals surface area contributed by atoms with Crippen LogP contribution in [0.1, 0.15) is 65.2 Å². The number of anilines is 1.